The molecular formula is C14H19FN2O2. The number of carbonyl (C=O) groups excluding carboxylic acids is 1. The van der Waals surface area contributed by atoms with Gasteiger partial charge in [0.15, 0.2) is 0 Å². The van der Waals surface area contributed by atoms with Gasteiger partial charge in [-0.15, -0.1) is 0 Å². The van der Waals surface area contributed by atoms with Crippen LogP contribution in [0, 0.1) is 5.82 Å². The van der Waals surface area contributed by atoms with Gasteiger partial charge < -0.3 is 10.0 Å². The minimum absolute atomic E-state index is 0.0411. The van der Waals surface area contributed by atoms with Gasteiger partial charge in [0.1, 0.15) is 11.6 Å². The number of carbonyl (C=O) groups is 1. The summed E-state index contributed by atoms with van der Waals surface area (Å²) in [5.74, 6) is -0.982. The van der Waals surface area contributed by atoms with Crippen molar-refractivity contribution in [2.45, 2.75) is 19.4 Å². The summed E-state index contributed by atoms with van der Waals surface area (Å²) in [7, 11) is 2.04. The molecule has 1 aliphatic rings. The van der Waals surface area contributed by atoms with E-state index < -0.39 is 5.82 Å². The van der Waals surface area contributed by atoms with Gasteiger partial charge in [0.05, 0.1) is 5.56 Å². The lowest BCUT2D eigenvalue weighted by atomic mass is 10.1. The number of benzene rings is 1. The van der Waals surface area contributed by atoms with E-state index in [-0.39, 0.29) is 17.2 Å². The zero-order chi connectivity index (χ0) is 14.0. The van der Waals surface area contributed by atoms with Crippen LogP contribution in [0.3, 0.4) is 0 Å². The van der Waals surface area contributed by atoms with Crippen LogP contribution < -0.4 is 0 Å². The van der Waals surface area contributed by atoms with Gasteiger partial charge in [-0.1, -0.05) is 6.92 Å². The van der Waals surface area contributed by atoms with Crippen molar-refractivity contribution in [2.24, 2.45) is 0 Å². The molecular weight excluding hydrogens is 247 g/mol. The van der Waals surface area contributed by atoms with Gasteiger partial charge in [-0.2, -0.15) is 0 Å². The number of aromatic hydroxyl groups is 1. The minimum Gasteiger partial charge on any atom is -0.507 e. The van der Waals surface area contributed by atoms with Crippen LogP contribution in [-0.4, -0.2) is 53.5 Å². The SMILES string of the molecule is CCC1CN(C(=O)c2cc(F)ccc2O)CCN1C. The van der Waals surface area contributed by atoms with Crippen molar-refractivity contribution < 1.29 is 14.3 Å². The van der Waals surface area contributed by atoms with E-state index in [0.29, 0.717) is 19.1 Å². The number of halogens is 1. The van der Waals surface area contributed by atoms with Gasteiger partial charge in [0.2, 0.25) is 0 Å². The highest BCUT2D eigenvalue weighted by Crippen LogP contribution is 2.21. The third-order valence-corrected chi connectivity index (χ3v) is 3.72. The average Bonchev–Trinajstić information content (AvgIpc) is 2.41. The molecule has 5 heteroatoms. The van der Waals surface area contributed by atoms with Crippen LogP contribution >= 0.6 is 0 Å². The van der Waals surface area contributed by atoms with Gasteiger partial charge in [-0.05, 0) is 31.7 Å². The van der Waals surface area contributed by atoms with E-state index in [1.165, 1.54) is 6.07 Å². The first kappa shape index (κ1) is 13.8. The molecule has 1 unspecified atom stereocenters. The molecule has 0 aromatic heterocycles. The Balaban J connectivity index is 2.18. The minimum atomic E-state index is -0.512. The quantitative estimate of drug-likeness (QED) is 0.886. The summed E-state index contributed by atoms with van der Waals surface area (Å²) in [6, 6.07) is 3.77. The highest BCUT2D eigenvalue weighted by molar-refractivity contribution is 5.96. The van der Waals surface area contributed by atoms with Crippen molar-refractivity contribution in [1.29, 1.82) is 0 Å². The summed E-state index contributed by atoms with van der Waals surface area (Å²) < 4.78 is 13.2. The Morgan fingerprint density at radius 3 is 2.89 bits per heavy atom. The lowest BCUT2D eigenvalue weighted by molar-refractivity contribution is 0.0538. The molecule has 104 valence electrons. The number of likely N-dealkylation sites (N-methyl/N-ethyl adjacent to an activating group) is 1. The second-order valence-corrected chi connectivity index (χ2v) is 4.96. The lowest BCUT2D eigenvalue weighted by Crippen LogP contribution is -2.53. The van der Waals surface area contributed by atoms with Crippen molar-refractivity contribution in [3.8, 4) is 5.75 Å². The molecule has 1 amide bonds. The summed E-state index contributed by atoms with van der Waals surface area (Å²) in [6.45, 7) is 4.08. The Morgan fingerprint density at radius 2 is 2.21 bits per heavy atom. The zero-order valence-electron chi connectivity index (χ0n) is 11.3. The standard InChI is InChI=1S/C14H19FN2O2/c1-3-11-9-17(7-6-16(11)2)14(19)12-8-10(15)4-5-13(12)18/h4-5,8,11,18H,3,6-7,9H2,1-2H3. The third-order valence-electron chi connectivity index (χ3n) is 3.72. The normalized spacial score (nSPS) is 20.6. The van der Waals surface area contributed by atoms with Crippen LogP contribution in [0.1, 0.15) is 23.7 Å². The smallest absolute Gasteiger partial charge is 0.257 e. The van der Waals surface area contributed by atoms with Gasteiger partial charge in [-0.25, -0.2) is 4.39 Å². The molecule has 1 atom stereocenters. The lowest BCUT2D eigenvalue weighted by Gasteiger charge is -2.39. The maximum absolute atomic E-state index is 13.2. The Hall–Kier alpha value is -1.62. The summed E-state index contributed by atoms with van der Waals surface area (Å²) in [5, 5.41) is 9.69. The first-order valence-electron chi connectivity index (χ1n) is 6.51. The van der Waals surface area contributed by atoms with Crippen molar-refractivity contribution in [1.82, 2.24) is 9.80 Å². The maximum atomic E-state index is 13.2. The highest BCUT2D eigenvalue weighted by atomic mass is 19.1. The second-order valence-electron chi connectivity index (χ2n) is 4.96. The predicted molar refractivity (Wildman–Crippen MR) is 70.7 cm³/mol. The molecule has 0 aliphatic carbocycles. The molecule has 1 N–H and O–H groups in total. The fourth-order valence-corrected chi connectivity index (χ4v) is 2.42. The predicted octanol–water partition coefficient (Wildman–Crippen LogP) is 1.70. The third kappa shape index (κ3) is 2.87. The van der Waals surface area contributed by atoms with Crippen molar-refractivity contribution in [3.05, 3.63) is 29.6 Å². The monoisotopic (exact) mass is 266 g/mol. The Labute approximate surface area is 112 Å². The number of rotatable bonds is 2. The van der Waals surface area contributed by atoms with Gasteiger partial charge in [-0.3, -0.25) is 9.69 Å². The number of piperazine rings is 1. The van der Waals surface area contributed by atoms with Crippen LogP contribution in [0.4, 0.5) is 4.39 Å². The molecule has 0 bridgehead atoms. The number of phenolic OH excluding ortho intramolecular Hbond substituents is 1. The van der Waals surface area contributed by atoms with Gasteiger partial charge >= 0.3 is 0 Å². The largest absolute Gasteiger partial charge is 0.507 e. The fourth-order valence-electron chi connectivity index (χ4n) is 2.42. The maximum Gasteiger partial charge on any atom is 0.257 e. The molecule has 0 saturated carbocycles. The molecule has 1 aromatic carbocycles. The molecule has 1 aliphatic heterocycles. The van der Waals surface area contributed by atoms with Gasteiger partial charge in [0, 0.05) is 25.7 Å². The number of phenols is 1. The van der Waals surface area contributed by atoms with Crippen molar-refractivity contribution in [3.63, 3.8) is 0 Å². The summed E-state index contributed by atoms with van der Waals surface area (Å²) in [4.78, 5) is 16.2. The summed E-state index contributed by atoms with van der Waals surface area (Å²) >= 11 is 0. The topological polar surface area (TPSA) is 43.8 Å². The number of nitrogens with zero attached hydrogens (tertiary/aromatic N) is 2. The molecule has 19 heavy (non-hydrogen) atoms. The molecule has 0 spiro atoms. The van der Waals surface area contributed by atoms with Gasteiger partial charge in [0.25, 0.3) is 5.91 Å². The molecule has 0 radical (unpaired) electrons. The Kier molecular flexibility index (Phi) is 4.04. The van der Waals surface area contributed by atoms with Crippen molar-refractivity contribution in [2.75, 3.05) is 26.7 Å². The summed E-state index contributed by atoms with van der Waals surface area (Å²) in [5.41, 5.74) is 0.0411. The first-order chi connectivity index (χ1) is 9.02. The van der Waals surface area contributed by atoms with Crippen LogP contribution in [0.25, 0.3) is 0 Å². The molecule has 1 fully saturated rings. The van der Waals surface area contributed by atoms with E-state index in [1.54, 1.807) is 4.90 Å². The Morgan fingerprint density at radius 1 is 1.47 bits per heavy atom. The van der Waals surface area contributed by atoms with E-state index >= 15 is 0 Å². The van der Waals surface area contributed by atoms with E-state index in [9.17, 15) is 14.3 Å². The molecule has 1 saturated heterocycles. The van der Waals surface area contributed by atoms with E-state index in [0.717, 1.165) is 25.1 Å². The number of hydrogen-bond donors (Lipinski definition) is 1. The van der Waals surface area contributed by atoms with E-state index in [2.05, 4.69) is 11.8 Å². The average molecular weight is 266 g/mol. The second kappa shape index (κ2) is 5.57. The van der Waals surface area contributed by atoms with E-state index in [1.807, 2.05) is 7.05 Å². The zero-order valence-corrected chi connectivity index (χ0v) is 11.3. The molecule has 1 heterocycles. The van der Waals surface area contributed by atoms with Crippen molar-refractivity contribution >= 4 is 5.91 Å². The number of hydrogen-bond acceptors (Lipinski definition) is 3. The highest BCUT2D eigenvalue weighted by Gasteiger charge is 2.28. The fraction of sp³-hybridized carbons (Fsp3) is 0.500. The first-order valence-corrected chi connectivity index (χ1v) is 6.51. The summed E-state index contributed by atoms with van der Waals surface area (Å²) in [6.07, 6.45) is 0.954. The molecule has 1 aromatic rings. The van der Waals surface area contributed by atoms with Crippen LogP contribution in [0.5, 0.6) is 5.75 Å². The van der Waals surface area contributed by atoms with Crippen LogP contribution in [0.15, 0.2) is 18.2 Å². The van der Waals surface area contributed by atoms with Crippen LogP contribution in [0.2, 0.25) is 0 Å². The van der Waals surface area contributed by atoms with E-state index in [4.69, 9.17) is 0 Å². The molecule has 4 nitrogen and oxygen atoms in total. The number of amides is 1. The van der Waals surface area contributed by atoms with Crippen LogP contribution in [-0.2, 0) is 0 Å². The Bertz CT molecular complexity index is 479. The molecule has 2 rings (SSSR count).